The van der Waals surface area contributed by atoms with Gasteiger partial charge in [-0.05, 0) is 22.9 Å². The van der Waals surface area contributed by atoms with Gasteiger partial charge in [0.2, 0.25) is 0 Å². The first kappa shape index (κ1) is 18.5. The zero-order valence-corrected chi connectivity index (χ0v) is 15.6. The van der Waals surface area contributed by atoms with Crippen molar-refractivity contribution >= 4 is 20.9 Å². The maximum absolute atomic E-state index is 10.3. The first-order valence-electron chi connectivity index (χ1n) is 6.02. The van der Waals surface area contributed by atoms with Crippen molar-refractivity contribution < 1.29 is 64.4 Å². The van der Waals surface area contributed by atoms with Crippen LogP contribution in [-0.2, 0) is 10.1 Å². The Balaban J connectivity index is 0.000000200. The predicted octanol–water partition coefficient (Wildman–Crippen LogP) is 0.435. The van der Waals surface area contributed by atoms with E-state index in [9.17, 15) is 13.0 Å². The smallest absolute Gasteiger partial charge is 0.744 e. The fourth-order valence-electron chi connectivity index (χ4n) is 1.72. The van der Waals surface area contributed by atoms with Crippen molar-refractivity contribution in [3.8, 4) is 0 Å². The van der Waals surface area contributed by atoms with Crippen molar-refractivity contribution in [2.45, 2.75) is 4.90 Å². The molecule has 0 aliphatic carbocycles. The Morgan fingerprint density at radius 3 is 1.24 bits per heavy atom. The van der Waals surface area contributed by atoms with Crippen molar-refractivity contribution in [2.75, 3.05) is 0 Å². The van der Waals surface area contributed by atoms with E-state index in [-0.39, 0.29) is 56.3 Å². The van der Waals surface area contributed by atoms with Gasteiger partial charge in [-0.25, -0.2) is 8.42 Å². The standard InChI is InChI=1S/C10H8.C6H6O3S.K/c1-2-6-10-8-4-3-7-9(10)5-1;7-10(8,9)6-4-2-1-3-5-6;/h1-8H;1-5H,(H,7,8,9);/q;;+1/p-1. The Bertz CT molecular complexity index is 721. The van der Waals surface area contributed by atoms with E-state index in [0.29, 0.717) is 0 Å². The Kier molecular flexibility index (Phi) is 7.76. The molecule has 0 fully saturated rings. The Labute approximate surface area is 167 Å². The summed E-state index contributed by atoms with van der Waals surface area (Å²) in [5.74, 6) is 0. The molecule has 0 amide bonds. The molecular formula is C16H13KO3S. The summed E-state index contributed by atoms with van der Waals surface area (Å²) in [7, 11) is -4.25. The minimum atomic E-state index is -4.25. The maximum atomic E-state index is 10.3. The molecule has 0 radical (unpaired) electrons. The van der Waals surface area contributed by atoms with Crippen LogP contribution in [0.15, 0.2) is 83.8 Å². The number of fused-ring (bicyclic) bond motifs is 1. The summed E-state index contributed by atoms with van der Waals surface area (Å²) in [5.41, 5.74) is 0. The summed E-state index contributed by atoms with van der Waals surface area (Å²) < 4.78 is 30.8. The van der Waals surface area contributed by atoms with Crippen LogP contribution in [0.1, 0.15) is 0 Å². The van der Waals surface area contributed by atoms with Crippen LogP contribution in [0.4, 0.5) is 0 Å². The van der Waals surface area contributed by atoms with Crippen molar-refractivity contribution in [1.82, 2.24) is 0 Å². The Morgan fingerprint density at radius 1 is 0.619 bits per heavy atom. The van der Waals surface area contributed by atoms with E-state index >= 15 is 0 Å². The number of rotatable bonds is 1. The van der Waals surface area contributed by atoms with Gasteiger partial charge in [0.1, 0.15) is 10.1 Å². The van der Waals surface area contributed by atoms with Gasteiger partial charge >= 0.3 is 51.4 Å². The maximum Gasteiger partial charge on any atom is 1.00 e. The Morgan fingerprint density at radius 2 is 0.952 bits per heavy atom. The molecule has 0 bridgehead atoms. The number of hydrogen-bond donors (Lipinski definition) is 0. The van der Waals surface area contributed by atoms with Crippen LogP contribution in [0.25, 0.3) is 10.8 Å². The average Bonchev–Trinajstić information content (AvgIpc) is 2.48. The third-order valence-corrected chi connectivity index (χ3v) is 3.54. The van der Waals surface area contributed by atoms with E-state index in [1.807, 2.05) is 0 Å². The molecule has 3 aromatic rings. The second-order valence-corrected chi connectivity index (χ2v) is 5.49. The summed E-state index contributed by atoms with van der Waals surface area (Å²) >= 11 is 0. The summed E-state index contributed by atoms with van der Waals surface area (Å²) in [5, 5.41) is 2.62. The normalized spacial score (nSPS) is 10.1. The molecule has 0 heterocycles. The molecule has 3 nitrogen and oxygen atoms in total. The van der Waals surface area contributed by atoms with Crippen LogP contribution in [0.5, 0.6) is 0 Å². The summed E-state index contributed by atoms with van der Waals surface area (Å²) in [6.07, 6.45) is 0. The first-order chi connectivity index (χ1) is 9.57. The molecule has 0 spiro atoms. The molecule has 0 N–H and O–H groups in total. The van der Waals surface area contributed by atoms with E-state index < -0.39 is 10.1 Å². The average molecular weight is 324 g/mol. The fraction of sp³-hybridized carbons (Fsp3) is 0. The molecule has 0 aliphatic heterocycles. The molecule has 3 aromatic carbocycles. The monoisotopic (exact) mass is 324 g/mol. The third-order valence-electron chi connectivity index (χ3n) is 2.69. The zero-order chi connectivity index (χ0) is 14.4. The van der Waals surface area contributed by atoms with Crippen LogP contribution in [0, 0.1) is 0 Å². The van der Waals surface area contributed by atoms with Gasteiger partial charge < -0.3 is 4.55 Å². The van der Waals surface area contributed by atoms with E-state index in [1.54, 1.807) is 6.07 Å². The third kappa shape index (κ3) is 6.00. The molecule has 0 unspecified atom stereocenters. The van der Waals surface area contributed by atoms with E-state index in [0.717, 1.165) is 0 Å². The van der Waals surface area contributed by atoms with Crippen molar-refractivity contribution in [3.63, 3.8) is 0 Å². The van der Waals surface area contributed by atoms with Gasteiger partial charge in [0, 0.05) is 0 Å². The quantitative estimate of drug-likeness (QED) is 0.482. The van der Waals surface area contributed by atoms with Gasteiger partial charge in [0.25, 0.3) is 0 Å². The van der Waals surface area contributed by atoms with Crippen LogP contribution in [0.2, 0.25) is 0 Å². The van der Waals surface area contributed by atoms with Gasteiger partial charge in [-0.2, -0.15) is 0 Å². The van der Waals surface area contributed by atoms with Crippen LogP contribution < -0.4 is 51.4 Å². The summed E-state index contributed by atoms with van der Waals surface area (Å²) in [6, 6.07) is 23.9. The van der Waals surface area contributed by atoms with Crippen molar-refractivity contribution in [1.29, 1.82) is 0 Å². The van der Waals surface area contributed by atoms with Gasteiger partial charge in [-0.1, -0.05) is 66.7 Å². The minimum Gasteiger partial charge on any atom is -0.744 e. The van der Waals surface area contributed by atoms with Gasteiger partial charge in [0.05, 0.1) is 4.90 Å². The summed E-state index contributed by atoms with van der Waals surface area (Å²) in [6.45, 7) is 0. The van der Waals surface area contributed by atoms with E-state index in [2.05, 4.69) is 48.5 Å². The predicted molar refractivity (Wildman–Crippen MR) is 78.4 cm³/mol. The molecule has 102 valence electrons. The molecule has 0 aliphatic rings. The van der Waals surface area contributed by atoms with Gasteiger partial charge in [-0.15, -0.1) is 0 Å². The van der Waals surface area contributed by atoms with Gasteiger partial charge in [-0.3, -0.25) is 0 Å². The van der Waals surface area contributed by atoms with E-state index in [1.165, 1.54) is 35.0 Å². The SMILES string of the molecule is O=S(=O)([O-])c1ccccc1.[K+].c1ccc2ccccc2c1. The summed E-state index contributed by atoms with van der Waals surface area (Å²) in [4.78, 5) is -0.185. The van der Waals surface area contributed by atoms with Gasteiger partial charge in [0.15, 0.2) is 0 Å². The number of benzene rings is 3. The molecule has 0 saturated heterocycles. The largest absolute Gasteiger partial charge is 1.00 e. The molecular weight excluding hydrogens is 311 g/mol. The van der Waals surface area contributed by atoms with Crippen LogP contribution >= 0.6 is 0 Å². The van der Waals surface area contributed by atoms with Crippen LogP contribution in [0.3, 0.4) is 0 Å². The molecule has 0 saturated carbocycles. The zero-order valence-electron chi connectivity index (χ0n) is 11.6. The topological polar surface area (TPSA) is 57.2 Å². The molecule has 0 atom stereocenters. The minimum absolute atomic E-state index is 0. The number of hydrogen-bond acceptors (Lipinski definition) is 3. The van der Waals surface area contributed by atoms with Crippen LogP contribution in [-0.4, -0.2) is 13.0 Å². The second-order valence-electron chi connectivity index (χ2n) is 4.11. The van der Waals surface area contributed by atoms with Crippen molar-refractivity contribution in [3.05, 3.63) is 78.9 Å². The Hall–Kier alpha value is -0.534. The molecule has 21 heavy (non-hydrogen) atoms. The second kappa shape index (κ2) is 8.80. The molecule has 0 aromatic heterocycles. The molecule has 3 rings (SSSR count). The first-order valence-corrected chi connectivity index (χ1v) is 7.43. The molecule has 5 heteroatoms. The fourth-order valence-corrected chi connectivity index (χ4v) is 2.21. The van der Waals surface area contributed by atoms with Crippen molar-refractivity contribution in [2.24, 2.45) is 0 Å². The van der Waals surface area contributed by atoms with E-state index in [4.69, 9.17) is 0 Å².